The first-order valence-corrected chi connectivity index (χ1v) is 8.36. The van der Waals surface area contributed by atoms with E-state index in [0.29, 0.717) is 0 Å². The minimum atomic E-state index is -1.17. The lowest BCUT2D eigenvalue weighted by atomic mass is 10.1. The summed E-state index contributed by atoms with van der Waals surface area (Å²) >= 11 is 24.0. The van der Waals surface area contributed by atoms with Crippen molar-refractivity contribution < 1.29 is 19.1 Å². The first-order valence-electron chi connectivity index (χ1n) is 6.85. The third kappa shape index (κ3) is 3.10. The number of nitrogens with zero attached hydrogens (tertiary/aromatic N) is 1. The number of amides is 2. The summed E-state index contributed by atoms with van der Waals surface area (Å²) in [6.07, 6.45) is 0. The van der Waals surface area contributed by atoms with Crippen molar-refractivity contribution in [2.45, 2.75) is 39.3 Å². The van der Waals surface area contributed by atoms with Crippen LogP contribution in [-0.2, 0) is 9.53 Å². The van der Waals surface area contributed by atoms with E-state index in [9.17, 15) is 14.4 Å². The van der Waals surface area contributed by atoms with Gasteiger partial charge >= 0.3 is 5.97 Å². The van der Waals surface area contributed by atoms with Crippen LogP contribution in [0.1, 0.15) is 48.4 Å². The Balaban J connectivity index is 2.50. The molecule has 1 aliphatic rings. The van der Waals surface area contributed by atoms with Gasteiger partial charge in [-0.3, -0.25) is 14.5 Å². The molecule has 130 valence electrons. The van der Waals surface area contributed by atoms with Gasteiger partial charge in [-0.1, -0.05) is 46.4 Å². The monoisotopic (exact) mass is 411 g/mol. The standard InChI is InChI=1S/C15H13Cl4NO4/c1-5(14(23)24-15(2,3)4)20-12(21)6-7(13(20)22)9(17)11(19)10(18)8(6)16/h5H,1-4H3/t5-/m0/s1. The molecule has 0 aromatic heterocycles. The Morgan fingerprint density at radius 1 is 0.917 bits per heavy atom. The molecule has 2 rings (SSSR count). The van der Waals surface area contributed by atoms with E-state index in [4.69, 9.17) is 51.1 Å². The maximum absolute atomic E-state index is 12.6. The van der Waals surface area contributed by atoms with Crippen LogP contribution in [0.4, 0.5) is 0 Å². The number of fused-ring (bicyclic) bond motifs is 1. The second-order valence-corrected chi connectivity index (χ2v) is 7.71. The molecule has 0 spiro atoms. The summed E-state index contributed by atoms with van der Waals surface area (Å²) in [7, 11) is 0. The number of esters is 1. The molecule has 0 bridgehead atoms. The maximum atomic E-state index is 12.6. The van der Waals surface area contributed by atoms with Gasteiger partial charge in [0.25, 0.3) is 11.8 Å². The molecule has 1 heterocycles. The average Bonchev–Trinajstić information content (AvgIpc) is 2.71. The van der Waals surface area contributed by atoms with Crippen LogP contribution in [0.5, 0.6) is 0 Å². The molecule has 2 amide bonds. The Morgan fingerprint density at radius 2 is 1.29 bits per heavy atom. The summed E-state index contributed by atoms with van der Waals surface area (Å²) in [5.74, 6) is -2.29. The van der Waals surface area contributed by atoms with E-state index < -0.39 is 29.4 Å². The summed E-state index contributed by atoms with van der Waals surface area (Å²) in [6.45, 7) is 6.40. The molecule has 5 nitrogen and oxygen atoms in total. The highest BCUT2D eigenvalue weighted by Gasteiger charge is 2.46. The van der Waals surface area contributed by atoms with Crippen LogP contribution in [0.2, 0.25) is 20.1 Å². The number of carbonyl (C=O) groups is 3. The molecule has 24 heavy (non-hydrogen) atoms. The highest BCUT2D eigenvalue weighted by Crippen LogP contribution is 2.45. The van der Waals surface area contributed by atoms with E-state index in [0.717, 1.165) is 4.90 Å². The van der Waals surface area contributed by atoms with Crippen molar-refractivity contribution in [2.24, 2.45) is 0 Å². The molecular weight excluding hydrogens is 400 g/mol. The van der Waals surface area contributed by atoms with Crippen LogP contribution in [0.3, 0.4) is 0 Å². The van der Waals surface area contributed by atoms with E-state index >= 15 is 0 Å². The largest absolute Gasteiger partial charge is 0.458 e. The molecule has 1 aliphatic heterocycles. The summed E-state index contributed by atoms with van der Waals surface area (Å²) in [6, 6.07) is -1.17. The van der Waals surface area contributed by atoms with Gasteiger partial charge in [0, 0.05) is 0 Å². The van der Waals surface area contributed by atoms with Crippen LogP contribution >= 0.6 is 46.4 Å². The van der Waals surface area contributed by atoms with Gasteiger partial charge in [0.2, 0.25) is 0 Å². The van der Waals surface area contributed by atoms with Crippen molar-refractivity contribution in [3.63, 3.8) is 0 Å². The normalized spacial score (nSPS) is 15.6. The summed E-state index contributed by atoms with van der Waals surface area (Å²) < 4.78 is 5.21. The summed E-state index contributed by atoms with van der Waals surface area (Å²) in [5, 5.41) is -0.624. The van der Waals surface area contributed by atoms with Gasteiger partial charge in [-0.15, -0.1) is 0 Å². The van der Waals surface area contributed by atoms with Crippen molar-refractivity contribution >= 4 is 64.2 Å². The molecule has 0 unspecified atom stereocenters. The first kappa shape index (κ1) is 19.3. The predicted octanol–water partition coefficient (Wildman–Crippen LogP) is 4.63. The van der Waals surface area contributed by atoms with E-state index in [2.05, 4.69) is 0 Å². The van der Waals surface area contributed by atoms with Crippen LogP contribution in [0.15, 0.2) is 0 Å². The Labute approximate surface area is 158 Å². The molecule has 0 fully saturated rings. The fourth-order valence-electron chi connectivity index (χ4n) is 2.21. The third-order valence-corrected chi connectivity index (χ3v) is 5.07. The lowest BCUT2D eigenvalue weighted by Crippen LogP contribution is -2.45. The lowest BCUT2D eigenvalue weighted by Gasteiger charge is -2.26. The van der Waals surface area contributed by atoms with Crippen molar-refractivity contribution in [2.75, 3.05) is 0 Å². The third-order valence-electron chi connectivity index (χ3n) is 3.27. The molecule has 0 radical (unpaired) electrons. The minimum absolute atomic E-state index is 0.130. The quantitative estimate of drug-likeness (QED) is 0.307. The molecule has 1 aromatic rings. The zero-order chi connectivity index (χ0) is 18.6. The highest BCUT2D eigenvalue weighted by atomic mass is 35.5. The topological polar surface area (TPSA) is 63.7 Å². The molecule has 0 N–H and O–H groups in total. The molecule has 9 heteroatoms. The van der Waals surface area contributed by atoms with Crippen LogP contribution in [0, 0.1) is 0 Å². The molecular formula is C15H13Cl4NO4. The van der Waals surface area contributed by atoms with Crippen LogP contribution < -0.4 is 0 Å². The fraction of sp³-hybridized carbons (Fsp3) is 0.400. The Morgan fingerprint density at radius 3 is 1.62 bits per heavy atom. The van der Waals surface area contributed by atoms with Crippen LogP contribution in [-0.4, -0.2) is 34.3 Å². The fourth-order valence-corrected chi connectivity index (χ4v) is 3.23. The lowest BCUT2D eigenvalue weighted by molar-refractivity contribution is -0.159. The number of hydrogen-bond donors (Lipinski definition) is 0. The van der Waals surface area contributed by atoms with Crippen molar-refractivity contribution in [1.29, 1.82) is 0 Å². The molecule has 1 aromatic carbocycles. The van der Waals surface area contributed by atoms with Gasteiger partial charge < -0.3 is 4.74 Å². The second-order valence-electron chi connectivity index (χ2n) is 6.20. The second kappa shape index (κ2) is 6.37. The van der Waals surface area contributed by atoms with Crippen molar-refractivity contribution in [1.82, 2.24) is 4.90 Å². The number of ether oxygens (including phenoxy) is 1. The van der Waals surface area contributed by atoms with Crippen molar-refractivity contribution in [3.05, 3.63) is 31.2 Å². The molecule has 1 atom stereocenters. The predicted molar refractivity (Wildman–Crippen MR) is 92.3 cm³/mol. The number of benzene rings is 1. The molecule has 0 saturated carbocycles. The summed E-state index contributed by atoms with van der Waals surface area (Å²) in [5.41, 5.74) is -1.11. The van der Waals surface area contributed by atoms with Gasteiger partial charge in [0.15, 0.2) is 0 Å². The average molecular weight is 413 g/mol. The Bertz CT molecular complexity index is 723. The van der Waals surface area contributed by atoms with E-state index in [1.165, 1.54) is 6.92 Å². The SMILES string of the molecule is C[C@@H](C(=O)OC(C)(C)C)N1C(=O)c2c(Cl)c(Cl)c(Cl)c(Cl)c2C1=O. The Hall–Kier alpha value is -1.01. The summed E-state index contributed by atoms with van der Waals surface area (Å²) in [4.78, 5) is 38.2. The molecule has 0 saturated heterocycles. The zero-order valence-electron chi connectivity index (χ0n) is 13.2. The minimum Gasteiger partial charge on any atom is -0.458 e. The van der Waals surface area contributed by atoms with Gasteiger partial charge in [0.05, 0.1) is 31.2 Å². The van der Waals surface area contributed by atoms with Gasteiger partial charge in [-0.05, 0) is 27.7 Å². The van der Waals surface area contributed by atoms with Gasteiger partial charge in [0.1, 0.15) is 11.6 Å². The Kier molecular flexibility index (Phi) is 5.13. The van der Waals surface area contributed by atoms with Crippen LogP contribution in [0.25, 0.3) is 0 Å². The van der Waals surface area contributed by atoms with Gasteiger partial charge in [-0.2, -0.15) is 0 Å². The van der Waals surface area contributed by atoms with E-state index in [-0.39, 0.29) is 31.2 Å². The number of carbonyl (C=O) groups excluding carboxylic acids is 3. The van der Waals surface area contributed by atoms with E-state index in [1.54, 1.807) is 20.8 Å². The number of rotatable bonds is 2. The zero-order valence-corrected chi connectivity index (χ0v) is 16.2. The number of hydrogen-bond acceptors (Lipinski definition) is 4. The smallest absolute Gasteiger partial charge is 0.329 e. The first-order chi connectivity index (χ1) is 10.9. The molecule has 0 aliphatic carbocycles. The number of halogens is 4. The van der Waals surface area contributed by atoms with Gasteiger partial charge in [-0.25, -0.2) is 4.79 Å². The highest BCUT2D eigenvalue weighted by molar-refractivity contribution is 6.55. The van der Waals surface area contributed by atoms with Crippen molar-refractivity contribution in [3.8, 4) is 0 Å². The number of imide groups is 1. The maximum Gasteiger partial charge on any atom is 0.329 e. The van der Waals surface area contributed by atoms with E-state index in [1.807, 2.05) is 0 Å².